The summed E-state index contributed by atoms with van der Waals surface area (Å²) in [6, 6.07) is -0.137. The average molecular weight is 681 g/mol. The van der Waals surface area contributed by atoms with Gasteiger partial charge in [0, 0.05) is 16.4 Å². The van der Waals surface area contributed by atoms with Gasteiger partial charge in [0.1, 0.15) is 6.04 Å². The third kappa shape index (κ3) is 4.95. The van der Waals surface area contributed by atoms with Crippen LogP contribution in [0.15, 0.2) is 11.6 Å². The lowest BCUT2D eigenvalue weighted by Crippen LogP contribution is -2.69. The summed E-state index contributed by atoms with van der Waals surface area (Å²) in [4.78, 5) is 15.2. The van der Waals surface area contributed by atoms with Crippen molar-refractivity contribution in [1.82, 2.24) is 25.5 Å². The second-order valence-corrected chi connectivity index (χ2v) is 18.9. The van der Waals surface area contributed by atoms with E-state index in [2.05, 4.69) is 82.3 Å². The van der Waals surface area contributed by atoms with Crippen LogP contribution in [0, 0.1) is 56.7 Å². The summed E-state index contributed by atoms with van der Waals surface area (Å²) in [5, 5.41) is 28.0. The summed E-state index contributed by atoms with van der Waals surface area (Å²) in [5.41, 5.74) is 6.38. The van der Waals surface area contributed by atoms with E-state index in [1.165, 1.54) is 24.8 Å². The molecule has 1 aliphatic heterocycles. The van der Waals surface area contributed by atoms with E-state index in [1.54, 1.807) is 4.80 Å². The van der Waals surface area contributed by atoms with Gasteiger partial charge in [-0.15, -0.1) is 5.10 Å². The van der Waals surface area contributed by atoms with E-state index >= 15 is 0 Å². The first-order chi connectivity index (χ1) is 23.1. The van der Waals surface area contributed by atoms with Gasteiger partial charge in [0.25, 0.3) is 5.95 Å². The first kappa shape index (κ1) is 35.4. The topological polar surface area (TPSA) is 137 Å². The number of aliphatic carboxylic acids is 1. The number of allylic oxidation sites excluding steroid dienone is 1. The lowest BCUT2D eigenvalue weighted by molar-refractivity contribution is -0.254. The van der Waals surface area contributed by atoms with Crippen molar-refractivity contribution in [2.24, 2.45) is 56.7 Å². The molecular weight excluding hydrogens is 616 g/mol. The molecule has 1 unspecified atom stereocenters. The van der Waals surface area contributed by atoms with Gasteiger partial charge < -0.3 is 25.6 Å². The van der Waals surface area contributed by atoms with Gasteiger partial charge in [0.15, 0.2) is 0 Å². The predicted octanol–water partition coefficient (Wildman–Crippen LogP) is 6.69. The van der Waals surface area contributed by atoms with E-state index in [0.717, 1.165) is 51.4 Å². The summed E-state index contributed by atoms with van der Waals surface area (Å²) >= 11 is 0. The number of carboxylic acid groups (broad SMARTS) is 1. The molecule has 1 aromatic rings. The molecule has 1 aromatic heterocycles. The summed E-state index contributed by atoms with van der Waals surface area (Å²) < 4.78 is 13.9. The molecule has 5 fully saturated rings. The molecule has 1 saturated heterocycles. The van der Waals surface area contributed by atoms with Crippen molar-refractivity contribution in [2.45, 2.75) is 137 Å². The van der Waals surface area contributed by atoms with E-state index in [1.807, 2.05) is 0 Å². The molecule has 4 saturated carbocycles. The standard InChI is InChI=1S/C39H64N6O4/c1-24(2)25(3)34(4)18-19-36(6)26-12-13-29-35(5)21-48-23-39(29,27(26)14-17-37(36,7)30(34)32(46)47)20-28(45-43-33(40)42-44-45)31(35)49-22-38(41-8)15-10-9-11-16-38/h14,24-26,28-31,41H,9-13,15-23H2,1-8H3,(H2,40,43)(H,46,47)/t25-,26+,28-,29+,30-,31+,34-,35+,36-,37+,39?/m1/s1. The van der Waals surface area contributed by atoms with Gasteiger partial charge in [-0.1, -0.05) is 84.5 Å². The second kappa shape index (κ2) is 12.0. The van der Waals surface area contributed by atoms with Gasteiger partial charge in [-0.05, 0) is 104 Å². The molecule has 0 amide bonds. The number of fused-ring (bicyclic) bond motifs is 3. The molecule has 7 rings (SSSR count). The molecule has 5 aliphatic carbocycles. The van der Waals surface area contributed by atoms with Crippen LogP contribution in [0.25, 0.3) is 0 Å². The highest BCUT2D eigenvalue weighted by atomic mass is 16.5. The molecule has 0 radical (unpaired) electrons. The van der Waals surface area contributed by atoms with Crippen molar-refractivity contribution in [2.75, 3.05) is 32.6 Å². The fourth-order valence-electron chi connectivity index (χ4n) is 13.4. The number of ether oxygens (including phenoxy) is 2. The maximum absolute atomic E-state index is 13.5. The van der Waals surface area contributed by atoms with Crippen molar-refractivity contribution in [1.29, 1.82) is 0 Å². The van der Waals surface area contributed by atoms with Crippen LogP contribution < -0.4 is 11.1 Å². The fraction of sp³-hybridized carbons (Fsp3) is 0.897. The number of nitrogens with one attached hydrogen (secondary N) is 1. The van der Waals surface area contributed by atoms with E-state index in [0.29, 0.717) is 43.5 Å². The fourth-order valence-corrected chi connectivity index (χ4v) is 13.4. The SMILES string of the molecule is CNC1(CO[C@H]2[C@H](n3nnc(N)n3)CC34COC[C@@]2(C)[C@@H]3CC[C@H]2C4=CC[C@@]3(C)[C@H](C(=O)O)[C@@](C)([C@H](C)C(C)C)CC[C@]23C)CCCCC1. The van der Waals surface area contributed by atoms with Crippen LogP contribution in [0.5, 0.6) is 0 Å². The number of hydrogen-bond donors (Lipinski definition) is 3. The Morgan fingerprint density at radius 1 is 1.08 bits per heavy atom. The zero-order valence-corrected chi connectivity index (χ0v) is 31.6. The van der Waals surface area contributed by atoms with E-state index in [4.69, 9.17) is 15.2 Å². The van der Waals surface area contributed by atoms with Crippen LogP contribution in [0.3, 0.4) is 0 Å². The number of nitrogens with zero attached hydrogens (tertiary/aromatic N) is 4. The summed E-state index contributed by atoms with van der Waals surface area (Å²) in [6.07, 6.45) is 14.1. The summed E-state index contributed by atoms with van der Waals surface area (Å²) in [6.45, 7) is 18.2. The van der Waals surface area contributed by atoms with Crippen molar-refractivity contribution in [3.8, 4) is 0 Å². The maximum Gasteiger partial charge on any atom is 0.307 e. The van der Waals surface area contributed by atoms with E-state index < -0.39 is 11.9 Å². The molecule has 10 nitrogen and oxygen atoms in total. The zero-order valence-electron chi connectivity index (χ0n) is 31.6. The molecule has 2 bridgehead atoms. The van der Waals surface area contributed by atoms with Crippen molar-refractivity contribution in [3.63, 3.8) is 0 Å². The highest BCUT2D eigenvalue weighted by molar-refractivity contribution is 5.73. The van der Waals surface area contributed by atoms with Crippen molar-refractivity contribution in [3.05, 3.63) is 11.6 Å². The molecule has 0 aromatic carbocycles. The van der Waals surface area contributed by atoms with Crippen LogP contribution in [0.2, 0.25) is 0 Å². The molecule has 49 heavy (non-hydrogen) atoms. The largest absolute Gasteiger partial charge is 0.481 e. The van der Waals surface area contributed by atoms with Crippen LogP contribution in [0.4, 0.5) is 5.95 Å². The highest BCUT2D eigenvalue weighted by Crippen LogP contribution is 2.75. The number of anilines is 1. The number of nitrogen functional groups attached to an aromatic ring is 1. The number of likely N-dealkylation sites (N-methyl/N-ethyl adjacent to an activating group) is 1. The van der Waals surface area contributed by atoms with Crippen molar-refractivity contribution < 1.29 is 19.4 Å². The highest BCUT2D eigenvalue weighted by Gasteiger charge is 2.72. The predicted molar refractivity (Wildman–Crippen MR) is 189 cm³/mol. The molecular formula is C39H64N6O4. The number of aromatic nitrogens is 4. The van der Waals surface area contributed by atoms with Crippen LogP contribution in [-0.4, -0.2) is 69.8 Å². The van der Waals surface area contributed by atoms with Gasteiger partial charge in [0.05, 0.1) is 31.8 Å². The monoisotopic (exact) mass is 680 g/mol. The average Bonchev–Trinajstić information content (AvgIpc) is 3.50. The van der Waals surface area contributed by atoms with E-state index in [-0.39, 0.29) is 50.7 Å². The number of carboxylic acids is 1. The molecule has 2 heterocycles. The molecule has 0 spiro atoms. The van der Waals surface area contributed by atoms with Gasteiger partial charge in [-0.3, -0.25) is 4.79 Å². The number of hydrogen-bond acceptors (Lipinski definition) is 8. The second-order valence-electron chi connectivity index (χ2n) is 18.9. The summed E-state index contributed by atoms with van der Waals surface area (Å²) in [7, 11) is 2.08. The lowest BCUT2D eigenvalue weighted by Gasteiger charge is -2.71. The Balaban J connectivity index is 1.29. The maximum atomic E-state index is 13.5. The number of tetrazole rings is 1. The molecule has 4 N–H and O–H groups in total. The summed E-state index contributed by atoms with van der Waals surface area (Å²) in [5.74, 6) is 0.587. The van der Waals surface area contributed by atoms with Crippen LogP contribution in [0.1, 0.15) is 125 Å². The normalized spacial score (nSPS) is 45.1. The molecule has 274 valence electrons. The van der Waals surface area contributed by atoms with E-state index in [9.17, 15) is 9.90 Å². The van der Waals surface area contributed by atoms with Crippen molar-refractivity contribution >= 4 is 11.9 Å². The minimum Gasteiger partial charge on any atom is -0.481 e. The lowest BCUT2D eigenvalue weighted by atomic mass is 9.34. The number of carbonyl (C=O) groups is 1. The first-order valence-corrected chi connectivity index (χ1v) is 19.5. The number of nitrogens with two attached hydrogens (primary N) is 1. The van der Waals surface area contributed by atoms with Gasteiger partial charge >= 0.3 is 5.97 Å². The Hall–Kier alpha value is -2.04. The van der Waals surface area contributed by atoms with Crippen LogP contribution in [-0.2, 0) is 14.3 Å². The number of rotatable bonds is 8. The molecule has 11 atom stereocenters. The minimum absolute atomic E-state index is 0.0239. The minimum atomic E-state index is -0.620. The Morgan fingerprint density at radius 2 is 1.82 bits per heavy atom. The van der Waals surface area contributed by atoms with Gasteiger partial charge in [-0.2, -0.15) is 4.80 Å². The first-order valence-electron chi connectivity index (χ1n) is 19.5. The smallest absolute Gasteiger partial charge is 0.307 e. The Morgan fingerprint density at radius 3 is 2.45 bits per heavy atom. The van der Waals surface area contributed by atoms with Gasteiger partial charge in [-0.25, -0.2) is 0 Å². The zero-order chi connectivity index (χ0) is 35.2. The Bertz CT molecular complexity index is 1460. The van der Waals surface area contributed by atoms with Crippen LogP contribution >= 0.6 is 0 Å². The molecule has 6 aliphatic rings. The van der Waals surface area contributed by atoms with Gasteiger partial charge in [0.2, 0.25) is 0 Å². The Kier molecular flexibility index (Phi) is 8.67. The third-order valence-corrected chi connectivity index (χ3v) is 16.7. The Labute approximate surface area is 294 Å². The quantitative estimate of drug-likeness (QED) is 0.256. The third-order valence-electron chi connectivity index (χ3n) is 16.7. The molecule has 10 heteroatoms.